The van der Waals surface area contributed by atoms with E-state index in [0.29, 0.717) is 11.4 Å². The highest BCUT2D eigenvalue weighted by Gasteiger charge is 2.31. The molecular formula is C16H32N4O. The molecule has 1 amide bonds. The summed E-state index contributed by atoms with van der Waals surface area (Å²) in [6.45, 7) is 9.37. The van der Waals surface area contributed by atoms with Crippen molar-refractivity contribution in [1.82, 2.24) is 16.0 Å². The molecule has 0 atom stereocenters. The van der Waals surface area contributed by atoms with E-state index in [1.165, 1.54) is 32.1 Å². The largest absolute Gasteiger partial charge is 0.356 e. The molecule has 1 saturated carbocycles. The van der Waals surface area contributed by atoms with Crippen molar-refractivity contribution >= 4 is 11.9 Å². The Morgan fingerprint density at radius 2 is 1.81 bits per heavy atom. The number of rotatable bonds is 5. The van der Waals surface area contributed by atoms with Crippen molar-refractivity contribution < 1.29 is 4.79 Å². The number of carbonyl (C=O) groups excluding carboxylic acids is 1. The average Bonchev–Trinajstić information content (AvgIpc) is 2.86. The van der Waals surface area contributed by atoms with Crippen LogP contribution >= 0.6 is 0 Å². The molecule has 1 fully saturated rings. The van der Waals surface area contributed by atoms with E-state index in [1.54, 1.807) is 7.05 Å². The van der Waals surface area contributed by atoms with Crippen molar-refractivity contribution in [2.75, 3.05) is 20.1 Å². The Morgan fingerprint density at radius 3 is 2.29 bits per heavy atom. The van der Waals surface area contributed by atoms with Crippen LogP contribution in [0.3, 0.4) is 0 Å². The van der Waals surface area contributed by atoms with E-state index in [1.807, 2.05) is 20.8 Å². The molecule has 0 aromatic rings. The maximum atomic E-state index is 11.8. The van der Waals surface area contributed by atoms with Crippen LogP contribution in [0, 0.1) is 5.41 Å². The van der Waals surface area contributed by atoms with Crippen LogP contribution in [0.1, 0.15) is 59.8 Å². The summed E-state index contributed by atoms with van der Waals surface area (Å²) in [5.41, 5.74) is 0.205. The summed E-state index contributed by atoms with van der Waals surface area (Å²) >= 11 is 0. The van der Waals surface area contributed by atoms with Gasteiger partial charge in [0.1, 0.15) is 0 Å². The SMILES string of the molecule is CCC1(CNC(=NC)NCC(=O)NC(C)(C)C)CCCC1. The van der Waals surface area contributed by atoms with Gasteiger partial charge >= 0.3 is 0 Å². The molecule has 0 radical (unpaired) electrons. The zero-order valence-electron chi connectivity index (χ0n) is 14.3. The second kappa shape index (κ2) is 7.66. The van der Waals surface area contributed by atoms with Gasteiger partial charge in [-0.3, -0.25) is 9.79 Å². The van der Waals surface area contributed by atoms with Crippen LogP contribution in [0.15, 0.2) is 4.99 Å². The summed E-state index contributed by atoms with van der Waals surface area (Å²) in [7, 11) is 1.74. The molecule has 21 heavy (non-hydrogen) atoms. The molecular weight excluding hydrogens is 264 g/mol. The van der Waals surface area contributed by atoms with Gasteiger partial charge in [0.2, 0.25) is 5.91 Å². The molecule has 122 valence electrons. The molecule has 0 heterocycles. The van der Waals surface area contributed by atoms with E-state index in [-0.39, 0.29) is 18.0 Å². The van der Waals surface area contributed by atoms with Crippen LogP contribution in [0.4, 0.5) is 0 Å². The fraction of sp³-hybridized carbons (Fsp3) is 0.875. The van der Waals surface area contributed by atoms with E-state index < -0.39 is 0 Å². The van der Waals surface area contributed by atoms with Crippen molar-refractivity contribution in [2.24, 2.45) is 10.4 Å². The molecule has 0 unspecified atom stereocenters. The molecule has 0 spiro atoms. The van der Waals surface area contributed by atoms with Gasteiger partial charge in [-0.15, -0.1) is 0 Å². The predicted octanol–water partition coefficient (Wildman–Crippen LogP) is 2.04. The number of hydrogen-bond acceptors (Lipinski definition) is 2. The first-order valence-corrected chi connectivity index (χ1v) is 8.06. The molecule has 5 nitrogen and oxygen atoms in total. The number of aliphatic imine (C=N–C) groups is 1. The van der Waals surface area contributed by atoms with Crippen LogP contribution in [-0.2, 0) is 4.79 Å². The molecule has 0 saturated heterocycles. The van der Waals surface area contributed by atoms with Gasteiger partial charge in [0.05, 0.1) is 6.54 Å². The highest BCUT2D eigenvalue weighted by Crippen LogP contribution is 2.40. The smallest absolute Gasteiger partial charge is 0.239 e. The third kappa shape index (κ3) is 6.36. The molecule has 1 aliphatic carbocycles. The standard InChI is InChI=1S/C16H32N4O/c1-6-16(9-7-8-10-16)12-19-14(17-5)18-11-13(21)20-15(2,3)4/h6-12H2,1-5H3,(H,20,21)(H2,17,18,19). The van der Waals surface area contributed by atoms with E-state index >= 15 is 0 Å². The first kappa shape index (κ1) is 17.8. The monoisotopic (exact) mass is 296 g/mol. The number of nitrogens with one attached hydrogen (secondary N) is 3. The summed E-state index contributed by atoms with van der Waals surface area (Å²) in [6, 6.07) is 0. The first-order chi connectivity index (χ1) is 9.80. The minimum absolute atomic E-state index is 0.0171. The lowest BCUT2D eigenvalue weighted by Gasteiger charge is -2.28. The summed E-state index contributed by atoms with van der Waals surface area (Å²) in [5.74, 6) is 0.690. The normalized spacial score (nSPS) is 18.4. The zero-order valence-corrected chi connectivity index (χ0v) is 14.3. The Labute approximate surface area is 129 Å². The lowest BCUT2D eigenvalue weighted by Crippen LogP contribution is -2.49. The fourth-order valence-electron chi connectivity index (χ4n) is 2.90. The third-order valence-corrected chi connectivity index (χ3v) is 4.20. The second-order valence-electron chi connectivity index (χ2n) is 7.14. The van der Waals surface area contributed by atoms with E-state index in [0.717, 1.165) is 6.54 Å². The number of guanidine groups is 1. The first-order valence-electron chi connectivity index (χ1n) is 8.06. The molecule has 0 aromatic heterocycles. The van der Waals surface area contributed by atoms with E-state index in [2.05, 4.69) is 27.9 Å². The molecule has 3 N–H and O–H groups in total. The van der Waals surface area contributed by atoms with Gasteiger partial charge in [0.15, 0.2) is 5.96 Å². The van der Waals surface area contributed by atoms with Gasteiger partial charge in [-0.25, -0.2) is 0 Å². The Balaban J connectivity index is 2.37. The van der Waals surface area contributed by atoms with Crippen LogP contribution in [0.5, 0.6) is 0 Å². The van der Waals surface area contributed by atoms with Gasteiger partial charge in [0.25, 0.3) is 0 Å². The van der Waals surface area contributed by atoms with Crippen LogP contribution in [0.25, 0.3) is 0 Å². The lowest BCUT2D eigenvalue weighted by molar-refractivity contribution is -0.121. The Bertz CT molecular complexity index is 365. The number of amides is 1. The third-order valence-electron chi connectivity index (χ3n) is 4.20. The minimum atomic E-state index is -0.203. The lowest BCUT2D eigenvalue weighted by atomic mass is 9.83. The number of carbonyl (C=O) groups is 1. The summed E-state index contributed by atoms with van der Waals surface area (Å²) < 4.78 is 0. The molecule has 1 aliphatic rings. The van der Waals surface area contributed by atoms with Crippen molar-refractivity contribution in [1.29, 1.82) is 0 Å². The highest BCUT2D eigenvalue weighted by atomic mass is 16.2. The fourth-order valence-corrected chi connectivity index (χ4v) is 2.90. The van der Waals surface area contributed by atoms with Gasteiger partial charge in [-0.1, -0.05) is 19.8 Å². The Hall–Kier alpha value is -1.26. The zero-order chi connectivity index (χ0) is 15.9. The van der Waals surface area contributed by atoms with Crippen molar-refractivity contribution in [3.8, 4) is 0 Å². The maximum absolute atomic E-state index is 11.8. The van der Waals surface area contributed by atoms with Gasteiger partial charge in [0, 0.05) is 19.1 Å². The second-order valence-corrected chi connectivity index (χ2v) is 7.14. The van der Waals surface area contributed by atoms with Gasteiger partial charge in [-0.2, -0.15) is 0 Å². The van der Waals surface area contributed by atoms with Gasteiger partial charge in [-0.05, 0) is 45.4 Å². The molecule has 1 rings (SSSR count). The minimum Gasteiger partial charge on any atom is -0.356 e. The van der Waals surface area contributed by atoms with Crippen molar-refractivity contribution in [3.63, 3.8) is 0 Å². The average molecular weight is 296 g/mol. The molecule has 0 aliphatic heterocycles. The summed E-state index contributed by atoms with van der Waals surface area (Å²) in [5, 5.41) is 9.39. The topological polar surface area (TPSA) is 65.5 Å². The highest BCUT2D eigenvalue weighted by molar-refractivity contribution is 5.86. The van der Waals surface area contributed by atoms with Gasteiger partial charge < -0.3 is 16.0 Å². The van der Waals surface area contributed by atoms with Crippen LogP contribution in [-0.4, -0.2) is 37.5 Å². The molecule has 0 bridgehead atoms. The molecule has 5 heteroatoms. The predicted molar refractivity (Wildman–Crippen MR) is 88.5 cm³/mol. The van der Waals surface area contributed by atoms with Crippen LogP contribution in [0.2, 0.25) is 0 Å². The molecule has 0 aromatic carbocycles. The summed E-state index contributed by atoms with van der Waals surface area (Å²) in [6.07, 6.45) is 6.43. The van der Waals surface area contributed by atoms with Crippen molar-refractivity contribution in [3.05, 3.63) is 0 Å². The number of hydrogen-bond donors (Lipinski definition) is 3. The van der Waals surface area contributed by atoms with E-state index in [9.17, 15) is 4.79 Å². The van der Waals surface area contributed by atoms with E-state index in [4.69, 9.17) is 0 Å². The maximum Gasteiger partial charge on any atom is 0.239 e. The summed E-state index contributed by atoms with van der Waals surface area (Å²) in [4.78, 5) is 16.0. The van der Waals surface area contributed by atoms with Crippen molar-refractivity contribution in [2.45, 2.75) is 65.3 Å². The quantitative estimate of drug-likeness (QED) is 0.537. The Morgan fingerprint density at radius 1 is 1.19 bits per heavy atom. The van der Waals surface area contributed by atoms with Crippen LogP contribution < -0.4 is 16.0 Å². The number of nitrogens with zero attached hydrogens (tertiary/aromatic N) is 1. The Kier molecular flexibility index (Phi) is 6.49.